The Balaban J connectivity index is 2.32. The molecule has 0 saturated heterocycles. The van der Waals surface area contributed by atoms with Gasteiger partial charge in [0, 0.05) is 0 Å². The number of unbranched alkanes of at least 4 members (excludes halogenated alkanes) is 1. The Bertz CT molecular complexity index is 457. The van der Waals surface area contributed by atoms with E-state index in [4.69, 9.17) is 10.00 Å². The zero-order valence-electron chi connectivity index (χ0n) is 11.6. The molecule has 0 spiro atoms. The molecule has 0 atom stereocenters. The molecule has 0 unspecified atom stereocenters. The summed E-state index contributed by atoms with van der Waals surface area (Å²) >= 11 is 0. The minimum absolute atomic E-state index is 0.339. The first kappa shape index (κ1) is 16.4. The molecule has 20 heavy (non-hydrogen) atoms. The molecule has 1 aromatic rings. The first-order valence-electron chi connectivity index (χ1n) is 6.46. The van der Waals surface area contributed by atoms with Gasteiger partial charge in [0.05, 0.1) is 23.7 Å². The predicted molar refractivity (Wildman–Crippen MR) is 70.2 cm³/mol. The third-order valence-electron chi connectivity index (χ3n) is 2.95. The molecule has 0 aliphatic rings. The molecule has 0 aliphatic carbocycles. The molecule has 2 nitrogen and oxygen atoms in total. The van der Waals surface area contributed by atoms with Crippen LogP contribution >= 0.6 is 0 Å². The van der Waals surface area contributed by atoms with E-state index in [-0.39, 0.29) is 5.41 Å². The summed E-state index contributed by atoms with van der Waals surface area (Å²) < 4.78 is 42.4. The van der Waals surface area contributed by atoms with Gasteiger partial charge in [0.1, 0.15) is 5.75 Å². The Hall–Kier alpha value is -1.70. The van der Waals surface area contributed by atoms with Gasteiger partial charge < -0.3 is 4.74 Å². The number of hydrogen-bond acceptors (Lipinski definition) is 2. The second-order valence-corrected chi connectivity index (χ2v) is 5.32. The monoisotopic (exact) mass is 285 g/mol. The lowest BCUT2D eigenvalue weighted by Gasteiger charge is -2.14. The van der Waals surface area contributed by atoms with Crippen LogP contribution in [0.1, 0.15) is 38.7 Å². The van der Waals surface area contributed by atoms with Crippen LogP contribution in [0.4, 0.5) is 13.2 Å². The predicted octanol–water partition coefficient (Wildman–Crippen LogP) is 4.80. The molecule has 0 radical (unpaired) electrons. The van der Waals surface area contributed by atoms with Crippen molar-refractivity contribution in [1.82, 2.24) is 0 Å². The van der Waals surface area contributed by atoms with Gasteiger partial charge >= 0.3 is 6.18 Å². The quantitative estimate of drug-likeness (QED) is 0.703. The van der Waals surface area contributed by atoms with Crippen LogP contribution in [0, 0.1) is 16.7 Å². The Kier molecular flexibility index (Phi) is 5.43. The van der Waals surface area contributed by atoms with Gasteiger partial charge in [-0.3, -0.25) is 0 Å². The molecule has 0 aliphatic heterocycles. The van der Waals surface area contributed by atoms with E-state index in [1.165, 1.54) is 12.1 Å². The van der Waals surface area contributed by atoms with Crippen molar-refractivity contribution in [1.29, 1.82) is 5.26 Å². The van der Waals surface area contributed by atoms with Gasteiger partial charge in [-0.1, -0.05) is 0 Å². The van der Waals surface area contributed by atoms with Crippen LogP contribution in [-0.2, 0) is 6.18 Å². The van der Waals surface area contributed by atoms with E-state index < -0.39 is 11.7 Å². The molecule has 1 aromatic carbocycles. The lowest BCUT2D eigenvalue weighted by Crippen LogP contribution is -2.08. The van der Waals surface area contributed by atoms with E-state index in [2.05, 4.69) is 6.07 Å². The van der Waals surface area contributed by atoms with Gasteiger partial charge in [-0.15, -0.1) is 0 Å². The Morgan fingerprint density at radius 1 is 1.10 bits per heavy atom. The summed E-state index contributed by atoms with van der Waals surface area (Å²) in [6.07, 6.45) is -1.92. The molecule has 1 rings (SSSR count). The summed E-state index contributed by atoms with van der Waals surface area (Å²) in [5, 5.41) is 8.85. The van der Waals surface area contributed by atoms with E-state index >= 15 is 0 Å². The normalized spacial score (nSPS) is 12.0. The first-order chi connectivity index (χ1) is 9.24. The highest BCUT2D eigenvalue weighted by Crippen LogP contribution is 2.30. The number of nitrogens with zero attached hydrogens (tertiary/aromatic N) is 1. The maximum atomic E-state index is 12.4. The zero-order valence-corrected chi connectivity index (χ0v) is 11.6. The average Bonchev–Trinajstić information content (AvgIpc) is 2.38. The lowest BCUT2D eigenvalue weighted by molar-refractivity contribution is -0.137. The van der Waals surface area contributed by atoms with Crippen LogP contribution in [0.5, 0.6) is 5.75 Å². The van der Waals surface area contributed by atoms with Crippen LogP contribution in [0.15, 0.2) is 24.3 Å². The maximum absolute atomic E-state index is 12.4. The molecular formula is C15H18F3NO. The maximum Gasteiger partial charge on any atom is 0.416 e. The second-order valence-electron chi connectivity index (χ2n) is 5.32. The summed E-state index contributed by atoms with van der Waals surface area (Å²) in [7, 11) is 0. The fraction of sp³-hybridized carbons (Fsp3) is 0.533. The molecule has 110 valence electrons. The molecular weight excluding hydrogens is 267 g/mol. The standard InChI is InChI=1S/C15H18F3NO/c1-14(2,11-19)9-3-4-10-20-13-7-5-12(6-8-13)15(16,17)18/h5-8H,3-4,9-10H2,1-2H3. The second kappa shape index (κ2) is 6.65. The van der Waals surface area contributed by atoms with E-state index in [1.54, 1.807) is 0 Å². The number of nitriles is 1. The van der Waals surface area contributed by atoms with Gasteiger partial charge in [0.15, 0.2) is 0 Å². The number of rotatable bonds is 6. The summed E-state index contributed by atoms with van der Waals surface area (Å²) in [5.41, 5.74) is -1.02. The lowest BCUT2D eigenvalue weighted by atomic mass is 9.89. The van der Waals surface area contributed by atoms with E-state index in [0.29, 0.717) is 12.4 Å². The summed E-state index contributed by atoms with van der Waals surface area (Å²) in [5.74, 6) is 0.428. The van der Waals surface area contributed by atoms with Gasteiger partial charge in [-0.25, -0.2) is 0 Å². The largest absolute Gasteiger partial charge is 0.494 e. The van der Waals surface area contributed by atoms with Crippen LogP contribution in [0.3, 0.4) is 0 Å². The van der Waals surface area contributed by atoms with Crippen LogP contribution in [0.2, 0.25) is 0 Å². The van der Waals surface area contributed by atoms with E-state index in [0.717, 1.165) is 31.4 Å². The van der Waals surface area contributed by atoms with Crippen molar-refractivity contribution in [3.63, 3.8) is 0 Å². The third-order valence-corrected chi connectivity index (χ3v) is 2.95. The third kappa shape index (κ3) is 5.52. The molecule has 0 saturated carbocycles. The van der Waals surface area contributed by atoms with Crippen LogP contribution < -0.4 is 4.74 Å². The van der Waals surface area contributed by atoms with Gasteiger partial charge in [0.25, 0.3) is 0 Å². The highest BCUT2D eigenvalue weighted by Gasteiger charge is 2.29. The fourth-order valence-corrected chi connectivity index (χ4v) is 1.66. The topological polar surface area (TPSA) is 33.0 Å². The summed E-state index contributed by atoms with van der Waals surface area (Å²) in [4.78, 5) is 0. The minimum Gasteiger partial charge on any atom is -0.494 e. The van der Waals surface area contributed by atoms with Crippen LogP contribution in [-0.4, -0.2) is 6.61 Å². The van der Waals surface area contributed by atoms with Crippen molar-refractivity contribution in [3.05, 3.63) is 29.8 Å². The Morgan fingerprint density at radius 3 is 2.20 bits per heavy atom. The zero-order chi connectivity index (χ0) is 15.2. The highest BCUT2D eigenvalue weighted by atomic mass is 19.4. The molecule has 0 aromatic heterocycles. The smallest absolute Gasteiger partial charge is 0.416 e. The number of alkyl halides is 3. The Morgan fingerprint density at radius 2 is 1.70 bits per heavy atom. The van der Waals surface area contributed by atoms with Crippen molar-refractivity contribution in [3.8, 4) is 11.8 Å². The highest BCUT2D eigenvalue weighted by molar-refractivity contribution is 5.28. The van der Waals surface area contributed by atoms with Crippen molar-refractivity contribution >= 4 is 0 Å². The molecule has 5 heteroatoms. The average molecular weight is 285 g/mol. The van der Waals surface area contributed by atoms with Gasteiger partial charge in [-0.05, 0) is 57.4 Å². The minimum atomic E-state index is -4.32. The Labute approximate surface area is 117 Å². The molecule has 0 amide bonds. The molecule has 0 bridgehead atoms. The fourth-order valence-electron chi connectivity index (χ4n) is 1.66. The van der Waals surface area contributed by atoms with Crippen molar-refractivity contribution in [2.45, 2.75) is 39.3 Å². The number of hydrogen-bond donors (Lipinski definition) is 0. The van der Waals surface area contributed by atoms with Gasteiger partial charge in [0.2, 0.25) is 0 Å². The van der Waals surface area contributed by atoms with E-state index in [9.17, 15) is 13.2 Å². The molecule has 0 N–H and O–H groups in total. The SMILES string of the molecule is CC(C)(C#N)CCCCOc1ccc(C(F)(F)F)cc1. The molecule has 0 fully saturated rings. The summed E-state index contributed by atoms with van der Waals surface area (Å²) in [6.45, 7) is 4.19. The van der Waals surface area contributed by atoms with Gasteiger partial charge in [-0.2, -0.15) is 18.4 Å². The van der Waals surface area contributed by atoms with Crippen molar-refractivity contribution in [2.75, 3.05) is 6.61 Å². The number of halogens is 3. The number of benzene rings is 1. The number of ether oxygens (including phenoxy) is 1. The van der Waals surface area contributed by atoms with Crippen molar-refractivity contribution < 1.29 is 17.9 Å². The van der Waals surface area contributed by atoms with E-state index in [1.807, 2.05) is 13.8 Å². The first-order valence-corrected chi connectivity index (χ1v) is 6.46. The summed E-state index contributed by atoms with van der Waals surface area (Å²) in [6, 6.07) is 6.88. The molecule has 0 heterocycles. The van der Waals surface area contributed by atoms with Crippen molar-refractivity contribution in [2.24, 2.45) is 5.41 Å². The van der Waals surface area contributed by atoms with Crippen LogP contribution in [0.25, 0.3) is 0 Å².